The number of hydrogen-bond donors (Lipinski definition) is 0. The van der Waals surface area contributed by atoms with Crippen LogP contribution in [0.5, 0.6) is 5.88 Å². The number of rotatable bonds is 4. The van der Waals surface area contributed by atoms with E-state index in [2.05, 4.69) is 30.2 Å². The average molecular weight is 393 g/mol. The molecular weight excluding hydrogens is 375 g/mol. The molecule has 28 heavy (non-hydrogen) atoms. The van der Waals surface area contributed by atoms with Crippen molar-refractivity contribution in [3.63, 3.8) is 0 Å². The first-order chi connectivity index (χ1) is 13.3. The maximum atomic E-state index is 13.0. The van der Waals surface area contributed by atoms with Crippen LogP contribution in [0.4, 0.5) is 19.1 Å². The minimum Gasteiger partial charge on any atom is -0.476 e. The van der Waals surface area contributed by atoms with Crippen LogP contribution in [-0.4, -0.2) is 49.5 Å². The molecule has 0 amide bonds. The summed E-state index contributed by atoms with van der Waals surface area (Å²) in [4.78, 5) is 11.0. The first-order valence-corrected chi connectivity index (χ1v) is 8.79. The van der Waals surface area contributed by atoms with Crippen molar-refractivity contribution in [2.45, 2.75) is 26.4 Å². The molecule has 0 bridgehead atoms. The third-order valence-electron chi connectivity index (χ3n) is 4.50. The lowest BCUT2D eigenvalue weighted by Crippen LogP contribution is -2.24. The number of fused-ring (bicyclic) bond motifs is 1. The Bertz CT molecular complexity index is 984. The van der Waals surface area contributed by atoms with Crippen molar-refractivity contribution in [3.8, 4) is 5.88 Å². The van der Waals surface area contributed by atoms with Crippen LogP contribution in [-0.2, 0) is 6.18 Å². The number of alkyl halides is 3. The van der Waals surface area contributed by atoms with Gasteiger partial charge in [0.05, 0.1) is 6.61 Å². The van der Waals surface area contributed by atoms with Gasteiger partial charge in [0.1, 0.15) is 0 Å². The molecule has 1 saturated heterocycles. The fourth-order valence-electron chi connectivity index (χ4n) is 3.23. The van der Waals surface area contributed by atoms with E-state index < -0.39 is 12.0 Å². The molecule has 1 fully saturated rings. The van der Waals surface area contributed by atoms with Gasteiger partial charge in [0, 0.05) is 36.5 Å². The Hall–Kier alpha value is -2.98. The lowest BCUT2D eigenvalue weighted by molar-refractivity contribution is -0.146. The summed E-state index contributed by atoms with van der Waals surface area (Å²) >= 11 is 0. The number of aryl methyl sites for hydroxylation is 2. The lowest BCUT2D eigenvalue weighted by atomic mass is 10.1. The van der Waals surface area contributed by atoms with E-state index in [0.717, 1.165) is 24.4 Å². The number of hydrogen-bond acceptors (Lipinski definition) is 7. The zero-order valence-electron chi connectivity index (χ0n) is 15.3. The van der Waals surface area contributed by atoms with Crippen molar-refractivity contribution in [2.75, 3.05) is 24.6 Å². The average Bonchev–Trinajstić information content (AvgIpc) is 3.25. The van der Waals surface area contributed by atoms with Gasteiger partial charge in [-0.15, -0.1) is 15.3 Å². The molecule has 1 aliphatic heterocycles. The van der Waals surface area contributed by atoms with Gasteiger partial charge < -0.3 is 9.64 Å². The second-order valence-corrected chi connectivity index (χ2v) is 6.83. The molecule has 11 heteroatoms. The maximum absolute atomic E-state index is 13.0. The molecule has 0 saturated carbocycles. The topological polar surface area (TPSA) is 81.3 Å². The predicted molar refractivity (Wildman–Crippen MR) is 93.1 cm³/mol. The van der Waals surface area contributed by atoms with Crippen molar-refractivity contribution in [2.24, 2.45) is 5.92 Å². The van der Waals surface area contributed by atoms with Crippen molar-refractivity contribution < 1.29 is 17.9 Å². The van der Waals surface area contributed by atoms with Gasteiger partial charge in [0.2, 0.25) is 11.8 Å². The van der Waals surface area contributed by atoms with Crippen LogP contribution in [0.2, 0.25) is 0 Å². The highest BCUT2D eigenvalue weighted by Crippen LogP contribution is 2.28. The SMILES string of the molecule is Cc1cc(C)nc(N2CCC(COc3ccc4nnc(C(F)(F)F)n4n3)C2)n1. The van der Waals surface area contributed by atoms with E-state index in [0.29, 0.717) is 23.6 Å². The Kier molecular flexibility index (Phi) is 4.52. The minimum atomic E-state index is -4.64. The molecule has 0 aliphatic carbocycles. The Morgan fingerprint density at radius 3 is 2.61 bits per heavy atom. The van der Waals surface area contributed by atoms with Crippen LogP contribution in [0.25, 0.3) is 5.65 Å². The summed E-state index contributed by atoms with van der Waals surface area (Å²) in [5.74, 6) is -0.186. The summed E-state index contributed by atoms with van der Waals surface area (Å²) in [6.07, 6.45) is -3.76. The number of ether oxygens (including phenoxy) is 1. The third-order valence-corrected chi connectivity index (χ3v) is 4.50. The molecule has 0 radical (unpaired) electrons. The quantitative estimate of drug-likeness (QED) is 0.673. The van der Waals surface area contributed by atoms with Crippen LogP contribution in [0.15, 0.2) is 18.2 Å². The highest BCUT2D eigenvalue weighted by Gasteiger charge is 2.37. The van der Waals surface area contributed by atoms with E-state index in [-0.39, 0.29) is 17.4 Å². The number of anilines is 1. The Morgan fingerprint density at radius 1 is 1.14 bits per heavy atom. The van der Waals surface area contributed by atoms with Crippen molar-refractivity contribution >= 4 is 11.6 Å². The number of aromatic nitrogens is 6. The van der Waals surface area contributed by atoms with Gasteiger partial charge in [-0.05, 0) is 32.4 Å². The number of nitrogens with zero attached hydrogens (tertiary/aromatic N) is 7. The van der Waals surface area contributed by atoms with E-state index in [9.17, 15) is 13.2 Å². The number of halogens is 3. The summed E-state index contributed by atoms with van der Waals surface area (Å²) in [6.45, 7) is 5.70. The van der Waals surface area contributed by atoms with Gasteiger partial charge in [0.15, 0.2) is 5.65 Å². The van der Waals surface area contributed by atoms with E-state index in [4.69, 9.17) is 4.74 Å². The summed E-state index contributed by atoms with van der Waals surface area (Å²) in [6, 6.07) is 4.81. The monoisotopic (exact) mass is 393 g/mol. The highest BCUT2D eigenvalue weighted by molar-refractivity contribution is 5.38. The molecule has 1 unspecified atom stereocenters. The normalized spacial score (nSPS) is 17.5. The van der Waals surface area contributed by atoms with Crippen molar-refractivity contribution in [1.29, 1.82) is 0 Å². The minimum absolute atomic E-state index is 0.0127. The molecule has 0 spiro atoms. The van der Waals surface area contributed by atoms with Crippen LogP contribution in [0.1, 0.15) is 23.6 Å². The molecule has 8 nitrogen and oxygen atoms in total. The molecule has 1 atom stereocenters. The lowest BCUT2D eigenvalue weighted by Gasteiger charge is -2.17. The second kappa shape index (κ2) is 6.88. The molecule has 1 aliphatic rings. The standard InChI is InChI=1S/C17H18F3N7O/c1-10-7-11(2)22-16(21-10)26-6-5-12(8-26)9-28-14-4-3-13-23-24-15(17(18,19)20)27(13)25-14/h3-4,7,12H,5-6,8-9H2,1-2H3. The molecule has 148 valence electrons. The summed E-state index contributed by atoms with van der Waals surface area (Å²) in [5.41, 5.74) is 1.84. The Balaban J connectivity index is 1.42. The molecular formula is C17H18F3N7O. The summed E-state index contributed by atoms with van der Waals surface area (Å²) in [7, 11) is 0. The zero-order valence-corrected chi connectivity index (χ0v) is 15.3. The first kappa shape index (κ1) is 18.4. The van der Waals surface area contributed by atoms with Gasteiger partial charge in [-0.2, -0.15) is 17.7 Å². The van der Waals surface area contributed by atoms with E-state index in [1.54, 1.807) is 0 Å². The molecule has 0 N–H and O–H groups in total. The predicted octanol–water partition coefficient (Wildman–Crippen LogP) is 2.46. The smallest absolute Gasteiger partial charge is 0.453 e. The van der Waals surface area contributed by atoms with Crippen molar-refractivity contribution in [3.05, 3.63) is 35.4 Å². The fourth-order valence-corrected chi connectivity index (χ4v) is 3.23. The van der Waals surface area contributed by atoms with Crippen LogP contribution in [0, 0.1) is 19.8 Å². The van der Waals surface area contributed by atoms with Crippen LogP contribution in [0.3, 0.4) is 0 Å². The second-order valence-electron chi connectivity index (χ2n) is 6.83. The maximum Gasteiger partial charge on any atom is 0.453 e. The van der Waals surface area contributed by atoms with E-state index in [1.165, 1.54) is 12.1 Å². The molecule has 4 rings (SSSR count). The summed E-state index contributed by atoms with van der Waals surface area (Å²) < 4.78 is 45.2. The van der Waals surface area contributed by atoms with E-state index in [1.807, 2.05) is 19.9 Å². The van der Waals surface area contributed by atoms with Crippen LogP contribution < -0.4 is 9.64 Å². The summed E-state index contributed by atoms with van der Waals surface area (Å²) in [5, 5.41) is 10.5. The molecule has 4 heterocycles. The van der Waals surface area contributed by atoms with Gasteiger partial charge >= 0.3 is 6.18 Å². The third kappa shape index (κ3) is 3.69. The van der Waals surface area contributed by atoms with Crippen molar-refractivity contribution in [1.82, 2.24) is 29.8 Å². The first-order valence-electron chi connectivity index (χ1n) is 8.79. The zero-order chi connectivity index (χ0) is 19.9. The Morgan fingerprint density at radius 2 is 1.89 bits per heavy atom. The fraction of sp³-hybridized carbons (Fsp3) is 0.471. The van der Waals surface area contributed by atoms with Crippen LogP contribution >= 0.6 is 0 Å². The highest BCUT2D eigenvalue weighted by atomic mass is 19.4. The molecule has 0 aromatic carbocycles. The Labute approximate surface area is 158 Å². The van der Waals surface area contributed by atoms with Gasteiger partial charge in [-0.3, -0.25) is 0 Å². The molecule has 3 aromatic rings. The van der Waals surface area contributed by atoms with E-state index >= 15 is 0 Å². The molecule has 3 aromatic heterocycles. The van der Waals surface area contributed by atoms with Gasteiger partial charge in [-0.25, -0.2) is 9.97 Å². The largest absolute Gasteiger partial charge is 0.476 e. The van der Waals surface area contributed by atoms with Gasteiger partial charge in [0.25, 0.3) is 5.82 Å². The van der Waals surface area contributed by atoms with Gasteiger partial charge in [-0.1, -0.05) is 0 Å².